The highest BCUT2D eigenvalue weighted by molar-refractivity contribution is 5.29. The average molecular weight is 231 g/mol. The molecule has 0 amide bonds. The molecule has 2 fully saturated rings. The Morgan fingerprint density at radius 2 is 1.94 bits per heavy atom. The molecule has 0 bridgehead atoms. The number of benzene rings is 1. The number of hydrogen-bond acceptors (Lipinski definition) is 2. The fourth-order valence-corrected chi connectivity index (χ4v) is 3.05. The van der Waals surface area contributed by atoms with Crippen LogP contribution >= 0.6 is 0 Å². The molecule has 1 aliphatic carbocycles. The van der Waals surface area contributed by atoms with Crippen LogP contribution in [0.3, 0.4) is 0 Å². The molecule has 3 rings (SSSR count). The highest BCUT2D eigenvalue weighted by Gasteiger charge is 2.20. The fourth-order valence-electron chi connectivity index (χ4n) is 3.05. The Labute approximate surface area is 103 Å². The minimum absolute atomic E-state index is 0.255. The van der Waals surface area contributed by atoms with E-state index in [4.69, 9.17) is 4.74 Å². The normalized spacial score (nSPS) is 26.2. The maximum atomic E-state index is 5.82. The first kappa shape index (κ1) is 11.2. The van der Waals surface area contributed by atoms with Gasteiger partial charge in [-0.1, -0.05) is 37.1 Å². The largest absolute Gasteiger partial charge is 0.371 e. The van der Waals surface area contributed by atoms with Gasteiger partial charge in [-0.3, -0.25) is 0 Å². The van der Waals surface area contributed by atoms with Gasteiger partial charge in [-0.2, -0.15) is 0 Å². The fraction of sp³-hybridized carbons (Fsp3) is 0.600. The van der Waals surface area contributed by atoms with E-state index in [1.807, 2.05) is 0 Å². The second-order valence-corrected chi connectivity index (χ2v) is 5.22. The van der Waals surface area contributed by atoms with Crippen LogP contribution in [-0.2, 0) is 4.74 Å². The summed E-state index contributed by atoms with van der Waals surface area (Å²) in [7, 11) is 0. The third-order valence-electron chi connectivity index (χ3n) is 4.04. The zero-order valence-corrected chi connectivity index (χ0v) is 10.3. The molecule has 0 radical (unpaired) electrons. The highest BCUT2D eigenvalue weighted by Crippen LogP contribution is 2.35. The van der Waals surface area contributed by atoms with Gasteiger partial charge in [-0.15, -0.1) is 0 Å². The smallest absolute Gasteiger partial charge is 0.0949 e. The van der Waals surface area contributed by atoms with Crippen molar-refractivity contribution >= 4 is 0 Å². The minimum Gasteiger partial charge on any atom is -0.371 e. The van der Waals surface area contributed by atoms with Crippen LogP contribution in [0.2, 0.25) is 0 Å². The Hall–Kier alpha value is -0.860. The summed E-state index contributed by atoms with van der Waals surface area (Å²) in [5.74, 6) is 0.798. The summed E-state index contributed by atoms with van der Waals surface area (Å²) >= 11 is 0. The molecule has 1 heterocycles. The van der Waals surface area contributed by atoms with Crippen molar-refractivity contribution in [3.05, 3.63) is 35.4 Å². The van der Waals surface area contributed by atoms with Gasteiger partial charge >= 0.3 is 0 Å². The number of rotatable bonds is 2. The number of nitrogens with one attached hydrogen (secondary N) is 1. The van der Waals surface area contributed by atoms with Crippen molar-refractivity contribution in [2.45, 2.75) is 37.7 Å². The van der Waals surface area contributed by atoms with Gasteiger partial charge in [0.05, 0.1) is 12.7 Å². The molecular formula is C15H21NO. The van der Waals surface area contributed by atoms with E-state index in [0.29, 0.717) is 0 Å². The first-order valence-corrected chi connectivity index (χ1v) is 6.85. The van der Waals surface area contributed by atoms with Crippen LogP contribution in [0, 0.1) is 0 Å². The standard InChI is InChI=1S/C15H21NO/c1-2-5-12(4-1)13-6-3-7-14(10-13)15-11-16-8-9-17-15/h3,6-7,10,12,15-16H,1-2,4-5,8-9,11H2. The maximum absolute atomic E-state index is 5.82. The molecule has 2 aliphatic rings. The van der Waals surface area contributed by atoms with Crippen LogP contribution in [0.4, 0.5) is 0 Å². The average Bonchev–Trinajstić information content (AvgIpc) is 2.94. The van der Waals surface area contributed by atoms with Crippen LogP contribution in [0.1, 0.15) is 48.8 Å². The molecule has 1 unspecified atom stereocenters. The lowest BCUT2D eigenvalue weighted by molar-refractivity contribution is 0.0276. The Balaban J connectivity index is 1.77. The van der Waals surface area contributed by atoms with E-state index in [-0.39, 0.29) is 6.10 Å². The van der Waals surface area contributed by atoms with E-state index in [2.05, 4.69) is 29.6 Å². The lowest BCUT2D eigenvalue weighted by Gasteiger charge is -2.24. The monoisotopic (exact) mass is 231 g/mol. The summed E-state index contributed by atoms with van der Waals surface area (Å²) in [4.78, 5) is 0. The first-order chi connectivity index (χ1) is 8.43. The van der Waals surface area contributed by atoms with Crippen molar-refractivity contribution in [2.75, 3.05) is 19.7 Å². The van der Waals surface area contributed by atoms with Gasteiger partial charge in [0, 0.05) is 13.1 Å². The predicted molar refractivity (Wildman–Crippen MR) is 69.2 cm³/mol. The minimum atomic E-state index is 0.255. The molecule has 1 aromatic rings. The lowest BCUT2D eigenvalue weighted by Crippen LogP contribution is -2.33. The third kappa shape index (κ3) is 2.53. The van der Waals surface area contributed by atoms with Gasteiger partial charge in [0.25, 0.3) is 0 Å². The van der Waals surface area contributed by atoms with E-state index in [9.17, 15) is 0 Å². The van der Waals surface area contributed by atoms with Crippen molar-refractivity contribution in [3.63, 3.8) is 0 Å². The Kier molecular flexibility index (Phi) is 3.44. The maximum Gasteiger partial charge on any atom is 0.0949 e. The van der Waals surface area contributed by atoms with E-state index in [0.717, 1.165) is 25.6 Å². The number of ether oxygens (including phenoxy) is 1. The summed E-state index contributed by atoms with van der Waals surface area (Å²) in [5, 5.41) is 3.40. The predicted octanol–water partition coefficient (Wildman–Crippen LogP) is 3.01. The van der Waals surface area contributed by atoms with Gasteiger partial charge in [0.2, 0.25) is 0 Å². The van der Waals surface area contributed by atoms with Gasteiger partial charge in [0.15, 0.2) is 0 Å². The number of hydrogen-bond donors (Lipinski definition) is 1. The molecule has 2 nitrogen and oxygen atoms in total. The molecule has 1 aliphatic heterocycles. The molecule has 1 saturated carbocycles. The van der Waals surface area contributed by atoms with Crippen molar-refractivity contribution in [1.82, 2.24) is 5.32 Å². The highest BCUT2D eigenvalue weighted by atomic mass is 16.5. The molecule has 17 heavy (non-hydrogen) atoms. The summed E-state index contributed by atoms with van der Waals surface area (Å²) in [6, 6.07) is 9.06. The van der Waals surface area contributed by atoms with Crippen LogP contribution in [0.15, 0.2) is 24.3 Å². The molecule has 0 spiro atoms. The van der Waals surface area contributed by atoms with Gasteiger partial charge in [0.1, 0.15) is 0 Å². The molecule has 92 valence electrons. The topological polar surface area (TPSA) is 21.3 Å². The van der Waals surface area contributed by atoms with Gasteiger partial charge < -0.3 is 10.1 Å². The van der Waals surface area contributed by atoms with Crippen LogP contribution in [-0.4, -0.2) is 19.7 Å². The molecular weight excluding hydrogens is 210 g/mol. The summed E-state index contributed by atoms with van der Waals surface area (Å²) < 4.78 is 5.82. The van der Waals surface area contributed by atoms with Crippen LogP contribution in [0.25, 0.3) is 0 Å². The third-order valence-corrected chi connectivity index (χ3v) is 4.04. The zero-order valence-electron chi connectivity index (χ0n) is 10.3. The van der Waals surface area contributed by atoms with E-state index in [1.165, 1.54) is 36.8 Å². The van der Waals surface area contributed by atoms with Crippen LogP contribution < -0.4 is 5.32 Å². The summed E-state index contributed by atoms with van der Waals surface area (Å²) in [6.07, 6.45) is 5.79. The molecule has 0 aromatic heterocycles. The summed E-state index contributed by atoms with van der Waals surface area (Å²) in [6.45, 7) is 2.77. The second kappa shape index (κ2) is 5.19. The van der Waals surface area contributed by atoms with Crippen molar-refractivity contribution < 1.29 is 4.74 Å². The first-order valence-electron chi connectivity index (χ1n) is 6.85. The molecule has 1 aromatic carbocycles. The lowest BCUT2D eigenvalue weighted by atomic mass is 9.94. The van der Waals surface area contributed by atoms with Crippen LogP contribution in [0.5, 0.6) is 0 Å². The second-order valence-electron chi connectivity index (χ2n) is 5.22. The SMILES string of the molecule is c1cc(C2CCCC2)cc(C2CNCCO2)c1. The van der Waals surface area contributed by atoms with E-state index < -0.39 is 0 Å². The Morgan fingerprint density at radius 3 is 2.71 bits per heavy atom. The Bertz CT molecular complexity index is 365. The van der Waals surface area contributed by atoms with E-state index in [1.54, 1.807) is 0 Å². The summed E-state index contributed by atoms with van der Waals surface area (Å²) in [5.41, 5.74) is 2.87. The van der Waals surface area contributed by atoms with Crippen molar-refractivity contribution in [1.29, 1.82) is 0 Å². The van der Waals surface area contributed by atoms with Crippen molar-refractivity contribution in [3.8, 4) is 0 Å². The Morgan fingerprint density at radius 1 is 1.12 bits per heavy atom. The van der Waals surface area contributed by atoms with Crippen molar-refractivity contribution in [2.24, 2.45) is 0 Å². The van der Waals surface area contributed by atoms with Gasteiger partial charge in [-0.25, -0.2) is 0 Å². The van der Waals surface area contributed by atoms with E-state index >= 15 is 0 Å². The number of morpholine rings is 1. The molecule has 2 heteroatoms. The quantitative estimate of drug-likeness (QED) is 0.845. The molecule has 1 atom stereocenters. The van der Waals surface area contributed by atoms with Gasteiger partial charge in [-0.05, 0) is 29.9 Å². The zero-order chi connectivity index (χ0) is 11.5. The molecule has 1 N–H and O–H groups in total. The molecule has 1 saturated heterocycles.